The molecule has 1 heterocycles. The first-order valence-corrected chi connectivity index (χ1v) is 8.40. The van der Waals surface area contributed by atoms with Crippen LogP contribution in [0.5, 0.6) is 0 Å². The predicted octanol–water partition coefficient (Wildman–Crippen LogP) is 4.22. The smallest absolute Gasteiger partial charge is 0.410 e. The molecule has 1 amide bonds. The molecule has 128 valence electrons. The minimum Gasteiger partial charge on any atom is -0.444 e. The first-order chi connectivity index (χ1) is 10.7. The van der Waals surface area contributed by atoms with Crippen LogP contribution < -0.4 is 0 Å². The van der Waals surface area contributed by atoms with Gasteiger partial charge < -0.3 is 14.4 Å². The van der Waals surface area contributed by atoms with Crippen LogP contribution in [0.3, 0.4) is 0 Å². The second kappa shape index (κ2) is 7.35. The number of hydrogen-bond acceptors (Lipinski definition) is 3. The Balaban J connectivity index is 1.77. The molecular formula is C19H29NO3. The normalized spacial score (nSPS) is 16.5. The molecule has 1 aliphatic heterocycles. The molecule has 1 aromatic carbocycles. The van der Waals surface area contributed by atoms with Crippen molar-refractivity contribution in [2.24, 2.45) is 0 Å². The van der Waals surface area contributed by atoms with E-state index in [1.807, 2.05) is 20.8 Å². The summed E-state index contributed by atoms with van der Waals surface area (Å²) in [6, 6.07) is 6.45. The van der Waals surface area contributed by atoms with Crippen LogP contribution in [0, 0.1) is 13.8 Å². The van der Waals surface area contributed by atoms with Crippen molar-refractivity contribution in [2.75, 3.05) is 13.1 Å². The highest BCUT2D eigenvalue weighted by atomic mass is 16.6. The highest BCUT2D eigenvalue weighted by Crippen LogP contribution is 2.19. The molecule has 1 saturated heterocycles. The van der Waals surface area contributed by atoms with Gasteiger partial charge in [-0.15, -0.1) is 0 Å². The van der Waals surface area contributed by atoms with Gasteiger partial charge >= 0.3 is 6.09 Å². The molecular weight excluding hydrogens is 290 g/mol. The van der Waals surface area contributed by atoms with Crippen molar-refractivity contribution in [1.29, 1.82) is 0 Å². The summed E-state index contributed by atoms with van der Waals surface area (Å²) in [5.74, 6) is 0. The molecule has 4 heteroatoms. The maximum Gasteiger partial charge on any atom is 0.410 e. The molecule has 0 atom stereocenters. The molecule has 23 heavy (non-hydrogen) atoms. The van der Waals surface area contributed by atoms with Crippen LogP contribution in [-0.2, 0) is 16.1 Å². The van der Waals surface area contributed by atoms with E-state index in [9.17, 15) is 4.79 Å². The average molecular weight is 319 g/mol. The number of nitrogens with zero attached hydrogens (tertiary/aromatic N) is 1. The van der Waals surface area contributed by atoms with Gasteiger partial charge in [-0.3, -0.25) is 0 Å². The fourth-order valence-electron chi connectivity index (χ4n) is 2.75. The van der Waals surface area contributed by atoms with Crippen molar-refractivity contribution in [2.45, 2.75) is 65.8 Å². The average Bonchev–Trinajstić information content (AvgIpc) is 2.45. The maximum absolute atomic E-state index is 12.0. The summed E-state index contributed by atoms with van der Waals surface area (Å²) in [5.41, 5.74) is 3.35. The lowest BCUT2D eigenvalue weighted by molar-refractivity contribution is -0.0171. The number of rotatable bonds is 3. The Morgan fingerprint density at radius 3 is 2.43 bits per heavy atom. The highest BCUT2D eigenvalue weighted by molar-refractivity contribution is 5.68. The van der Waals surface area contributed by atoms with E-state index in [-0.39, 0.29) is 12.2 Å². The van der Waals surface area contributed by atoms with E-state index in [4.69, 9.17) is 9.47 Å². The van der Waals surface area contributed by atoms with Crippen molar-refractivity contribution in [1.82, 2.24) is 4.90 Å². The van der Waals surface area contributed by atoms with Crippen molar-refractivity contribution < 1.29 is 14.3 Å². The lowest BCUT2D eigenvalue weighted by Gasteiger charge is -2.33. The Labute approximate surface area is 139 Å². The Bertz CT molecular complexity index is 540. The Hall–Kier alpha value is -1.55. The maximum atomic E-state index is 12.0. The summed E-state index contributed by atoms with van der Waals surface area (Å²) in [5, 5.41) is 0. The van der Waals surface area contributed by atoms with Crippen LogP contribution in [0.25, 0.3) is 0 Å². The summed E-state index contributed by atoms with van der Waals surface area (Å²) >= 11 is 0. The number of likely N-dealkylation sites (tertiary alicyclic amines) is 1. The number of amides is 1. The quantitative estimate of drug-likeness (QED) is 0.837. The van der Waals surface area contributed by atoms with Crippen LogP contribution in [0.2, 0.25) is 0 Å². The van der Waals surface area contributed by atoms with Crippen LogP contribution in [0.1, 0.15) is 50.3 Å². The summed E-state index contributed by atoms with van der Waals surface area (Å²) in [6.07, 6.45) is 1.73. The molecule has 0 bridgehead atoms. The van der Waals surface area contributed by atoms with Gasteiger partial charge in [0.1, 0.15) is 5.60 Å². The number of benzene rings is 1. The third-order valence-electron chi connectivity index (χ3n) is 4.07. The van der Waals surface area contributed by atoms with Crippen molar-refractivity contribution in [3.05, 3.63) is 34.9 Å². The SMILES string of the molecule is Cc1ccc(COC2CCN(C(=O)OC(C)(C)C)CC2)c(C)c1. The van der Waals surface area contributed by atoms with E-state index < -0.39 is 5.60 Å². The number of piperidine rings is 1. The molecule has 0 N–H and O–H groups in total. The van der Waals surface area contributed by atoms with Crippen LogP contribution >= 0.6 is 0 Å². The molecule has 0 radical (unpaired) electrons. The predicted molar refractivity (Wildman–Crippen MR) is 91.5 cm³/mol. The van der Waals surface area contributed by atoms with Gasteiger partial charge in [-0.25, -0.2) is 4.79 Å². The van der Waals surface area contributed by atoms with Gasteiger partial charge in [-0.1, -0.05) is 23.8 Å². The topological polar surface area (TPSA) is 38.8 Å². The Kier molecular flexibility index (Phi) is 5.69. The van der Waals surface area contributed by atoms with Crippen molar-refractivity contribution in [3.8, 4) is 0 Å². The number of hydrogen-bond donors (Lipinski definition) is 0. The largest absolute Gasteiger partial charge is 0.444 e. The van der Waals surface area contributed by atoms with Gasteiger partial charge in [0.2, 0.25) is 0 Å². The molecule has 1 aromatic rings. The molecule has 1 fully saturated rings. The van der Waals surface area contributed by atoms with E-state index in [1.54, 1.807) is 4.90 Å². The standard InChI is InChI=1S/C19H29NO3/c1-14-6-7-16(15(2)12-14)13-22-17-8-10-20(11-9-17)18(21)23-19(3,4)5/h6-7,12,17H,8-11,13H2,1-5H3. The van der Waals surface area contributed by atoms with E-state index in [0.29, 0.717) is 19.7 Å². The lowest BCUT2D eigenvalue weighted by Crippen LogP contribution is -2.43. The molecule has 0 spiro atoms. The summed E-state index contributed by atoms with van der Waals surface area (Å²) in [6.45, 7) is 11.9. The molecule has 0 unspecified atom stereocenters. The number of ether oxygens (including phenoxy) is 2. The van der Waals surface area contributed by atoms with Gasteiger partial charge in [-0.2, -0.15) is 0 Å². The molecule has 4 nitrogen and oxygen atoms in total. The van der Waals surface area contributed by atoms with E-state index >= 15 is 0 Å². The number of carbonyl (C=O) groups is 1. The highest BCUT2D eigenvalue weighted by Gasteiger charge is 2.27. The fraction of sp³-hybridized carbons (Fsp3) is 0.632. The van der Waals surface area contributed by atoms with Crippen LogP contribution in [0.15, 0.2) is 18.2 Å². The van der Waals surface area contributed by atoms with Crippen LogP contribution in [-0.4, -0.2) is 35.8 Å². The van der Waals surface area contributed by atoms with Crippen LogP contribution in [0.4, 0.5) is 4.79 Å². The second-order valence-electron chi connectivity index (χ2n) is 7.41. The molecule has 0 aliphatic carbocycles. The minimum absolute atomic E-state index is 0.217. The fourth-order valence-corrected chi connectivity index (χ4v) is 2.75. The first-order valence-electron chi connectivity index (χ1n) is 8.40. The third kappa shape index (κ3) is 5.54. The number of aryl methyl sites for hydroxylation is 2. The Morgan fingerprint density at radius 2 is 1.87 bits per heavy atom. The summed E-state index contributed by atoms with van der Waals surface area (Å²) < 4.78 is 11.5. The van der Waals surface area contributed by atoms with E-state index in [0.717, 1.165) is 12.8 Å². The van der Waals surface area contributed by atoms with Crippen molar-refractivity contribution in [3.63, 3.8) is 0 Å². The van der Waals surface area contributed by atoms with E-state index in [2.05, 4.69) is 32.0 Å². The first kappa shape index (κ1) is 17.8. The second-order valence-corrected chi connectivity index (χ2v) is 7.41. The lowest BCUT2D eigenvalue weighted by atomic mass is 10.1. The van der Waals surface area contributed by atoms with E-state index in [1.165, 1.54) is 16.7 Å². The monoisotopic (exact) mass is 319 g/mol. The molecule has 0 saturated carbocycles. The zero-order valence-corrected chi connectivity index (χ0v) is 15.0. The minimum atomic E-state index is -0.437. The molecule has 0 aromatic heterocycles. The van der Waals surface area contributed by atoms with Gasteiger partial charge in [0.15, 0.2) is 0 Å². The zero-order chi connectivity index (χ0) is 17.0. The zero-order valence-electron chi connectivity index (χ0n) is 15.0. The van der Waals surface area contributed by atoms with Gasteiger partial charge in [-0.05, 0) is 58.6 Å². The Morgan fingerprint density at radius 1 is 1.22 bits per heavy atom. The molecule has 1 aliphatic rings. The van der Waals surface area contributed by atoms with Gasteiger partial charge in [0.05, 0.1) is 12.7 Å². The molecule has 2 rings (SSSR count). The third-order valence-corrected chi connectivity index (χ3v) is 4.07. The van der Waals surface area contributed by atoms with Gasteiger partial charge in [0, 0.05) is 13.1 Å². The summed E-state index contributed by atoms with van der Waals surface area (Å²) in [4.78, 5) is 13.8. The number of carbonyl (C=O) groups excluding carboxylic acids is 1. The van der Waals surface area contributed by atoms with Gasteiger partial charge in [0.25, 0.3) is 0 Å². The summed E-state index contributed by atoms with van der Waals surface area (Å²) in [7, 11) is 0. The van der Waals surface area contributed by atoms with Crippen molar-refractivity contribution >= 4 is 6.09 Å².